The third-order valence-electron chi connectivity index (χ3n) is 7.45. The summed E-state index contributed by atoms with van der Waals surface area (Å²) in [6, 6.07) is 9.65. The van der Waals surface area contributed by atoms with Gasteiger partial charge in [-0.2, -0.15) is 26.3 Å². The molecule has 2 aromatic rings. The number of rotatable bonds is 3. The predicted octanol–water partition coefficient (Wildman–Crippen LogP) is 6.16. The standard InChI is InChI=1S/C26H23F6NO3/c1-35-23(11-5-2-6-12-23)21-17-13-15(24(34,25(27,28)29)26(30,31)32)9-10-19(17)33-22-16-7-3-4-8-20(16)36-14-18(21)22/h2-11,13,18,21-22,33-34H,12,14H2,1H3. The van der Waals surface area contributed by atoms with Gasteiger partial charge in [-0.1, -0.05) is 48.6 Å². The Balaban J connectivity index is 1.73. The van der Waals surface area contributed by atoms with Gasteiger partial charge in [-0.15, -0.1) is 0 Å². The molecule has 4 nitrogen and oxygen atoms in total. The number of allylic oxidation sites excluding steroid dienone is 2. The lowest BCUT2D eigenvalue weighted by atomic mass is 9.64. The molecular weight excluding hydrogens is 488 g/mol. The number of hydrogen-bond donors (Lipinski definition) is 2. The fourth-order valence-electron chi connectivity index (χ4n) is 5.67. The Morgan fingerprint density at radius 1 is 1.00 bits per heavy atom. The maximum absolute atomic E-state index is 13.7. The van der Waals surface area contributed by atoms with E-state index in [0.717, 1.165) is 11.6 Å². The molecule has 5 rings (SSSR count). The third-order valence-corrected chi connectivity index (χ3v) is 7.45. The van der Waals surface area contributed by atoms with Crippen LogP contribution in [0.3, 0.4) is 0 Å². The molecule has 0 radical (unpaired) electrons. The molecule has 0 amide bonds. The van der Waals surface area contributed by atoms with Crippen molar-refractivity contribution in [2.24, 2.45) is 5.92 Å². The number of ether oxygens (including phenoxy) is 2. The summed E-state index contributed by atoms with van der Waals surface area (Å²) >= 11 is 0. The number of anilines is 1. The largest absolute Gasteiger partial charge is 0.493 e. The summed E-state index contributed by atoms with van der Waals surface area (Å²) in [5.74, 6) is -0.438. The average Bonchev–Trinajstić information content (AvgIpc) is 2.85. The normalized spacial score (nSPS) is 27.4. The molecule has 192 valence electrons. The summed E-state index contributed by atoms with van der Waals surface area (Å²) in [6.07, 6.45) is -4.47. The van der Waals surface area contributed by atoms with Crippen LogP contribution in [0.15, 0.2) is 66.8 Å². The van der Waals surface area contributed by atoms with Crippen LogP contribution in [0, 0.1) is 5.92 Å². The van der Waals surface area contributed by atoms with E-state index in [1.54, 1.807) is 18.2 Å². The summed E-state index contributed by atoms with van der Waals surface area (Å²) in [7, 11) is 1.46. The van der Waals surface area contributed by atoms with Crippen LogP contribution in [0.1, 0.15) is 35.1 Å². The highest BCUT2D eigenvalue weighted by molar-refractivity contribution is 5.62. The van der Waals surface area contributed by atoms with E-state index in [1.165, 1.54) is 13.2 Å². The van der Waals surface area contributed by atoms with Crippen LogP contribution in [0.4, 0.5) is 32.0 Å². The van der Waals surface area contributed by atoms with Crippen LogP contribution in [-0.4, -0.2) is 36.8 Å². The van der Waals surface area contributed by atoms with E-state index in [1.807, 2.05) is 30.3 Å². The molecule has 36 heavy (non-hydrogen) atoms. The van der Waals surface area contributed by atoms with Crippen molar-refractivity contribution in [1.29, 1.82) is 0 Å². The molecule has 0 aromatic heterocycles. The van der Waals surface area contributed by atoms with Gasteiger partial charge in [0.1, 0.15) is 5.75 Å². The van der Waals surface area contributed by atoms with Gasteiger partial charge < -0.3 is 19.9 Å². The fourth-order valence-corrected chi connectivity index (χ4v) is 5.67. The Morgan fingerprint density at radius 2 is 1.72 bits per heavy atom. The number of benzene rings is 2. The first-order chi connectivity index (χ1) is 16.9. The highest BCUT2D eigenvalue weighted by Gasteiger charge is 2.71. The molecule has 4 atom stereocenters. The van der Waals surface area contributed by atoms with Crippen molar-refractivity contribution in [2.75, 3.05) is 19.0 Å². The van der Waals surface area contributed by atoms with Gasteiger partial charge in [0.2, 0.25) is 0 Å². The SMILES string of the molecule is COC1(C2c3cc(C(O)(C(F)(F)F)C(F)(F)F)ccc3NC3c4ccccc4OCC32)C=CC=CC1. The van der Waals surface area contributed by atoms with Crippen molar-refractivity contribution >= 4 is 5.69 Å². The summed E-state index contributed by atoms with van der Waals surface area (Å²) < 4.78 is 94.1. The quantitative estimate of drug-likeness (QED) is 0.485. The zero-order chi connectivity index (χ0) is 25.9. The topological polar surface area (TPSA) is 50.7 Å². The fraction of sp³-hybridized carbons (Fsp3) is 0.385. The van der Waals surface area contributed by atoms with Gasteiger partial charge in [0.25, 0.3) is 5.60 Å². The molecule has 10 heteroatoms. The minimum atomic E-state index is -5.99. The summed E-state index contributed by atoms with van der Waals surface area (Å²) in [4.78, 5) is 0. The van der Waals surface area contributed by atoms with Crippen LogP contribution in [0.25, 0.3) is 0 Å². The van der Waals surface area contributed by atoms with E-state index in [0.29, 0.717) is 23.9 Å². The second-order valence-corrected chi connectivity index (χ2v) is 9.27. The summed E-state index contributed by atoms with van der Waals surface area (Å²) in [5, 5.41) is 13.4. The molecular formula is C26H23F6NO3. The highest BCUT2D eigenvalue weighted by Crippen LogP contribution is 2.57. The second kappa shape index (κ2) is 8.27. The molecule has 0 saturated heterocycles. The monoisotopic (exact) mass is 511 g/mol. The number of alkyl halides is 6. The van der Waals surface area contributed by atoms with Crippen LogP contribution < -0.4 is 10.1 Å². The lowest BCUT2D eigenvalue weighted by Gasteiger charge is -2.50. The third kappa shape index (κ3) is 3.53. The van der Waals surface area contributed by atoms with Crippen LogP contribution in [0.2, 0.25) is 0 Å². The first-order valence-corrected chi connectivity index (χ1v) is 11.3. The average molecular weight is 511 g/mol. The summed E-state index contributed by atoms with van der Waals surface area (Å²) in [5.41, 5.74) is -6.01. The van der Waals surface area contributed by atoms with E-state index >= 15 is 0 Å². The lowest BCUT2D eigenvalue weighted by Crippen LogP contribution is -2.54. The minimum Gasteiger partial charge on any atom is -0.493 e. The van der Waals surface area contributed by atoms with Crippen molar-refractivity contribution < 1.29 is 40.9 Å². The van der Waals surface area contributed by atoms with E-state index in [2.05, 4.69) is 5.32 Å². The van der Waals surface area contributed by atoms with Crippen LogP contribution in [0.5, 0.6) is 5.75 Å². The molecule has 4 unspecified atom stereocenters. The van der Waals surface area contributed by atoms with Crippen molar-refractivity contribution in [3.63, 3.8) is 0 Å². The van der Waals surface area contributed by atoms with Gasteiger partial charge in [-0.3, -0.25) is 0 Å². The predicted molar refractivity (Wildman–Crippen MR) is 120 cm³/mol. The Bertz CT molecular complexity index is 1210. The van der Waals surface area contributed by atoms with Gasteiger partial charge >= 0.3 is 12.4 Å². The van der Waals surface area contributed by atoms with Gasteiger partial charge in [0, 0.05) is 35.8 Å². The van der Waals surface area contributed by atoms with Gasteiger partial charge in [0.05, 0.1) is 18.2 Å². The maximum atomic E-state index is 13.7. The van der Waals surface area contributed by atoms with Crippen molar-refractivity contribution in [2.45, 2.75) is 41.9 Å². The summed E-state index contributed by atoms with van der Waals surface area (Å²) in [6.45, 7) is 0.161. The molecule has 0 bridgehead atoms. The Hall–Kier alpha value is -2.98. The molecule has 0 fully saturated rings. The van der Waals surface area contributed by atoms with E-state index in [9.17, 15) is 31.4 Å². The zero-order valence-corrected chi connectivity index (χ0v) is 19.0. The van der Waals surface area contributed by atoms with E-state index in [4.69, 9.17) is 9.47 Å². The van der Waals surface area contributed by atoms with Crippen LogP contribution in [-0.2, 0) is 10.3 Å². The molecule has 2 heterocycles. The number of halogens is 6. The first-order valence-electron chi connectivity index (χ1n) is 11.3. The number of aliphatic hydroxyl groups is 1. The van der Waals surface area contributed by atoms with Gasteiger partial charge in [0.15, 0.2) is 0 Å². The van der Waals surface area contributed by atoms with Gasteiger partial charge in [-0.25, -0.2) is 0 Å². The highest BCUT2D eigenvalue weighted by atomic mass is 19.4. The second-order valence-electron chi connectivity index (χ2n) is 9.27. The maximum Gasteiger partial charge on any atom is 0.430 e. The molecule has 2 aliphatic heterocycles. The van der Waals surface area contributed by atoms with Gasteiger partial charge in [-0.05, 0) is 30.2 Å². The number of fused-ring (bicyclic) bond motifs is 4. The van der Waals surface area contributed by atoms with Crippen LogP contribution >= 0.6 is 0 Å². The molecule has 2 N–H and O–H groups in total. The zero-order valence-electron chi connectivity index (χ0n) is 19.0. The van der Waals surface area contributed by atoms with E-state index in [-0.39, 0.29) is 18.2 Å². The molecule has 3 aliphatic rings. The Morgan fingerprint density at radius 3 is 2.36 bits per heavy atom. The Labute approximate surface area is 203 Å². The molecule has 2 aromatic carbocycles. The molecule has 0 saturated carbocycles. The molecule has 1 aliphatic carbocycles. The lowest BCUT2D eigenvalue weighted by molar-refractivity contribution is -0.376. The van der Waals surface area contributed by atoms with Crippen molar-refractivity contribution in [3.05, 3.63) is 83.5 Å². The number of hydrogen-bond acceptors (Lipinski definition) is 4. The number of nitrogens with one attached hydrogen (secondary N) is 1. The molecule has 0 spiro atoms. The Kier molecular flexibility index (Phi) is 5.68. The minimum absolute atomic E-state index is 0.161. The van der Waals surface area contributed by atoms with E-state index < -0.39 is 41.0 Å². The van der Waals surface area contributed by atoms with Crippen molar-refractivity contribution in [3.8, 4) is 5.75 Å². The number of methoxy groups -OCH3 is 1. The number of para-hydroxylation sites is 1. The smallest absolute Gasteiger partial charge is 0.430 e. The van der Waals surface area contributed by atoms with Crippen molar-refractivity contribution in [1.82, 2.24) is 0 Å². The first kappa shape index (κ1) is 24.7.